The molecule has 9 rings (SSSR count). The van der Waals surface area contributed by atoms with Crippen LogP contribution in [0.2, 0.25) is 0 Å². The molecule has 0 bridgehead atoms. The quantitative estimate of drug-likeness (QED) is 0.131. The molecular weight excluding hydrogens is 687 g/mol. The number of rotatable bonds is 7. The first-order valence-electron chi connectivity index (χ1n) is 18.6. The molecule has 1 atom stereocenters. The van der Waals surface area contributed by atoms with E-state index in [0.29, 0.717) is 11.4 Å². The zero-order chi connectivity index (χ0) is 37.8. The maximum atomic E-state index is 8.79. The number of likely N-dealkylation sites (N-methyl/N-ethyl adjacent to an activating group) is 1. The van der Waals surface area contributed by atoms with Crippen molar-refractivity contribution in [1.82, 2.24) is 4.90 Å². The lowest BCUT2D eigenvalue weighted by Crippen LogP contribution is -2.33. The lowest BCUT2D eigenvalue weighted by Gasteiger charge is -2.33. The van der Waals surface area contributed by atoms with Crippen LogP contribution < -0.4 is 0 Å². The van der Waals surface area contributed by atoms with Gasteiger partial charge in [0.2, 0.25) is 0 Å². The summed E-state index contributed by atoms with van der Waals surface area (Å²) in [7, 11) is 2.11. The van der Waals surface area contributed by atoms with Gasteiger partial charge in [0, 0.05) is 46.3 Å². The number of para-hydroxylation sites is 1. The molecule has 0 spiro atoms. The minimum absolute atomic E-state index is 0.00266. The summed E-state index contributed by atoms with van der Waals surface area (Å²) in [6, 6.07) is 61.2. The molecule has 0 radical (unpaired) electrons. The first-order valence-corrected chi connectivity index (χ1v) is 18.6. The third kappa shape index (κ3) is 6.88. The van der Waals surface area contributed by atoms with Crippen LogP contribution in [-0.2, 0) is 0 Å². The molecule has 0 fully saturated rings. The summed E-state index contributed by atoms with van der Waals surface area (Å²) in [5.41, 5.74) is 10.2. The standard InChI is InChI=1S/C50H37N5O/c1-55-45(35-19-8-3-9-20-35)32-44(34-17-6-2-7-18-34)53-50(55)39-26-16-25-38(29-39)40-30-41(47-43(31-40)42-27-14-15-28-46(42)56-47)33-52-49(37-23-12-5-13-24-37)54-48(51)36-21-10-4-11-22-36/h2-33,45,51H,1H3. The molecule has 8 aromatic rings. The molecule has 268 valence electrons. The highest BCUT2D eigenvalue weighted by atomic mass is 16.3. The predicted octanol–water partition coefficient (Wildman–Crippen LogP) is 11.6. The van der Waals surface area contributed by atoms with Gasteiger partial charge in [0.05, 0.1) is 11.7 Å². The molecule has 6 nitrogen and oxygen atoms in total. The maximum Gasteiger partial charge on any atom is 0.161 e. The minimum Gasteiger partial charge on any atom is -0.455 e. The first kappa shape index (κ1) is 34.3. The fourth-order valence-electron chi connectivity index (χ4n) is 7.24. The van der Waals surface area contributed by atoms with E-state index in [1.165, 1.54) is 5.56 Å². The number of hydrogen-bond acceptors (Lipinski definition) is 4. The van der Waals surface area contributed by atoms with Gasteiger partial charge >= 0.3 is 0 Å². The third-order valence-corrected chi connectivity index (χ3v) is 10.1. The Hall–Kier alpha value is -7.44. The molecule has 0 aliphatic carbocycles. The molecule has 0 amide bonds. The average Bonchev–Trinajstić information content (AvgIpc) is 3.65. The van der Waals surface area contributed by atoms with E-state index < -0.39 is 0 Å². The molecule has 0 saturated carbocycles. The molecule has 1 N–H and O–H groups in total. The van der Waals surface area contributed by atoms with Gasteiger partial charge in [-0.05, 0) is 52.6 Å². The van der Waals surface area contributed by atoms with Gasteiger partial charge < -0.3 is 9.32 Å². The number of furan rings is 1. The number of fused-ring (bicyclic) bond motifs is 3. The predicted molar refractivity (Wildman–Crippen MR) is 231 cm³/mol. The highest BCUT2D eigenvalue weighted by Gasteiger charge is 2.26. The molecule has 56 heavy (non-hydrogen) atoms. The Morgan fingerprint density at radius 2 is 1.25 bits per heavy atom. The van der Waals surface area contributed by atoms with Crippen molar-refractivity contribution < 1.29 is 4.42 Å². The number of amidine groups is 3. The summed E-state index contributed by atoms with van der Waals surface area (Å²) < 4.78 is 6.50. The summed E-state index contributed by atoms with van der Waals surface area (Å²) in [5.74, 6) is 1.46. The van der Waals surface area contributed by atoms with E-state index in [4.69, 9.17) is 24.8 Å². The van der Waals surface area contributed by atoms with Crippen LogP contribution >= 0.6 is 0 Å². The Bertz CT molecular complexity index is 2820. The van der Waals surface area contributed by atoms with Crippen LogP contribution in [0.5, 0.6) is 0 Å². The summed E-state index contributed by atoms with van der Waals surface area (Å²) in [5, 5.41) is 10.8. The van der Waals surface area contributed by atoms with Crippen molar-refractivity contribution in [3.05, 3.63) is 221 Å². The van der Waals surface area contributed by atoms with Crippen molar-refractivity contribution in [2.45, 2.75) is 6.04 Å². The van der Waals surface area contributed by atoms with Gasteiger partial charge in [0.15, 0.2) is 11.7 Å². The zero-order valence-corrected chi connectivity index (χ0v) is 30.7. The van der Waals surface area contributed by atoms with Crippen LogP contribution in [0.15, 0.2) is 207 Å². The smallest absolute Gasteiger partial charge is 0.161 e. The monoisotopic (exact) mass is 723 g/mol. The minimum atomic E-state index is 0.00266. The molecule has 1 aliphatic rings. The van der Waals surface area contributed by atoms with E-state index >= 15 is 0 Å². The van der Waals surface area contributed by atoms with Crippen molar-refractivity contribution in [2.24, 2.45) is 15.0 Å². The van der Waals surface area contributed by atoms with Crippen LogP contribution in [0.1, 0.15) is 39.4 Å². The van der Waals surface area contributed by atoms with Crippen LogP contribution in [0.3, 0.4) is 0 Å². The number of benzene rings is 7. The SMILES string of the molecule is CN1C(c2cccc(-c3cc(C=NC(=NC(=N)c4ccccc4)c4ccccc4)c4oc5ccccc5c4c3)c2)=NC(c2ccccc2)=CC1c1ccccc1. The normalized spacial score (nSPS) is 14.6. The van der Waals surface area contributed by atoms with Gasteiger partial charge in [0.1, 0.15) is 17.0 Å². The second kappa shape index (κ2) is 15.1. The summed E-state index contributed by atoms with van der Waals surface area (Å²) >= 11 is 0. The van der Waals surface area contributed by atoms with Crippen LogP contribution in [0.25, 0.3) is 38.8 Å². The van der Waals surface area contributed by atoms with Gasteiger partial charge in [-0.15, -0.1) is 0 Å². The van der Waals surface area contributed by atoms with Crippen molar-refractivity contribution >= 4 is 51.4 Å². The van der Waals surface area contributed by atoms with E-state index in [1.54, 1.807) is 0 Å². The summed E-state index contributed by atoms with van der Waals surface area (Å²) in [4.78, 5) is 17.2. The van der Waals surface area contributed by atoms with Gasteiger partial charge in [-0.3, -0.25) is 5.41 Å². The van der Waals surface area contributed by atoms with E-state index in [2.05, 4.69) is 115 Å². The highest BCUT2D eigenvalue weighted by Crippen LogP contribution is 2.37. The highest BCUT2D eigenvalue weighted by molar-refractivity contribution is 6.16. The van der Waals surface area contributed by atoms with Crippen molar-refractivity contribution in [3.63, 3.8) is 0 Å². The summed E-state index contributed by atoms with van der Waals surface area (Å²) in [6.07, 6.45) is 4.05. The van der Waals surface area contributed by atoms with Crippen molar-refractivity contribution in [3.8, 4) is 11.1 Å². The van der Waals surface area contributed by atoms with Crippen molar-refractivity contribution in [2.75, 3.05) is 7.05 Å². The lowest BCUT2D eigenvalue weighted by atomic mass is 9.96. The molecule has 0 saturated heterocycles. The van der Waals surface area contributed by atoms with Gasteiger partial charge in [0.25, 0.3) is 0 Å². The van der Waals surface area contributed by atoms with Crippen LogP contribution in [-0.4, -0.2) is 35.7 Å². The van der Waals surface area contributed by atoms with E-state index in [9.17, 15) is 0 Å². The molecule has 1 aliphatic heterocycles. The summed E-state index contributed by atoms with van der Waals surface area (Å²) in [6.45, 7) is 0. The van der Waals surface area contributed by atoms with Crippen LogP contribution in [0.4, 0.5) is 0 Å². The third-order valence-electron chi connectivity index (χ3n) is 10.1. The Kier molecular flexibility index (Phi) is 9.27. The fourth-order valence-corrected chi connectivity index (χ4v) is 7.24. The van der Waals surface area contributed by atoms with Gasteiger partial charge in [-0.2, -0.15) is 0 Å². The number of nitrogens with zero attached hydrogens (tertiary/aromatic N) is 4. The Balaban J connectivity index is 1.16. The maximum absolute atomic E-state index is 8.79. The fraction of sp³-hybridized carbons (Fsp3) is 0.0400. The Morgan fingerprint density at radius 3 is 2.00 bits per heavy atom. The Morgan fingerprint density at radius 1 is 0.625 bits per heavy atom. The number of aliphatic imine (C=N–C) groups is 3. The topological polar surface area (TPSA) is 77.3 Å². The first-order chi connectivity index (χ1) is 27.6. The Labute approximate surface area is 325 Å². The number of nitrogens with one attached hydrogen (secondary N) is 1. The van der Waals surface area contributed by atoms with E-state index in [0.717, 1.165) is 66.9 Å². The number of hydrogen-bond donors (Lipinski definition) is 1. The van der Waals surface area contributed by atoms with E-state index in [1.807, 2.05) is 91.1 Å². The molecule has 1 unspecified atom stereocenters. The van der Waals surface area contributed by atoms with E-state index in [-0.39, 0.29) is 11.9 Å². The molecule has 2 heterocycles. The van der Waals surface area contributed by atoms with Gasteiger partial charge in [-0.25, -0.2) is 15.0 Å². The van der Waals surface area contributed by atoms with Gasteiger partial charge in [-0.1, -0.05) is 158 Å². The second-order valence-corrected chi connectivity index (χ2v) is 13.7. The second-order valence-electron chi connectivity index (χ2n) is 13.7. The zero-order valence-electron chi connectivity index (χ0n) is 30.7. The largest absolute Gasteiger partial charge is 0.455 e. The average molecular weight is 724 g/mol. The lowest BCUT2D eigenvalue weighted by molar-refractivity contribution is 0.435. The molecule has 1 aromatic heterocycles. The molecule has 7 aromatic carbocycles. The van der Waals surface area contributed by atoms with Crippen LogP contribution in [0, 0.1) is 5.41 Å². The molecule has 6 heteroatoms. The van der Waals surface area contributed by atoms with Crippen molar-refractivity contribution in [1.29, 1.82) is 5.41 Å². The molecular formula is C50H37N5O.